The maximum absolute atomic E-state index is 12.8. The third kappa shape index (κ3) is 32.9. The van der Waals surface area contributed by atoms with Crippen molar-refractivity contribution in [3.8, 4) is 0 Å². The van der Waals surface area contributed by atoms with Crippen LogP contribution in [0.1, 0.15) is 187 Å². The largest absolute Gasteiger partial charge is 0.462 e. The van der Waals surface area contributed by atoms with Gasteiger partial charge in [-0.05, 0) is 32.1 Å². The van der Waals surface area contributed by atoms with E-state index in [-0.39, 0.29) is 19.4 Å². The van der Waals surface area contributed by atoms with E-state index < -0.39 is 71.2 Å². The van der Waals surface area contributed by atoms with E-state index in [4.69, 9.17) is 18.9 Å². The molecule has 61 heavy (non-hydrogen) atoms. The highest BCUT2D eigenvalue weighted by Crippen LogP contribution is 2.24. The molecule has 1 aliphatic rings. The van der Waals surface area contributed by atoms with Crippen molar-refractivity contribution in [1.29, 1.82) is 0 Å². The second-order valence-electron chi connectivity index (χ2n) is 16.5. The molecular weight excluding hydrogens is 801 g/mol. The van der Waals surface area contributed by atoms with Gasteiger partial charge in [0.05, 0.1) is 6.61 Å². The van der Waals surface area contributed by atoms with Crippen LogP contribution in [0.3, 0.4) is 0 Å². The first-order chi connectivity index (χ1) is 29.5. The van der Waals surface area contributed by atoms with Crippen LogP contribution in [-0.4, -0.2) is 96.0 Å². The van der Waals surface area contributed by atoms with Crippen molar-refractivity contribution >= 4 is 22.1 Å². The lowest BCUT2D eigenvalue weighted by atomic mass is 10.00. The van der Waals surface area contributed by atoms with E-state index in [1.807, 2.05) is 36.5 Å². The molecule has 2 unspecified atom stereocenters. The Hall–Kier alpha value is -2.39. The summed E-state index contributed by atoms with van der Waals surface area (Å²) in [5.41, 5.74) is 0. The van der Waals surface area contributed by atoms with Crippen LogP contribution in [0.5, 0.6) is 0 Å². The number of carbonyl (C=O) groups excluding carboxylic acids is 2. The van der Waals surface area contributed by atoms with Gasteiger partial charge in [-0.15, -0.1) is 0 Å². The van der Waals surface area contributed by atoms with Gasteiger partial charge in [0.15, 0.2) is 12.4 Å². The molecule has 0 saturated carbocycles. The average molecular weight is 885 g/mol. The number of esters is 2. The van der Waals surface area contributed by atoms with E-state index in [9.17, 15) is 37.9 Å². The van der Waals surface area contributed by atoms with Crippen molar-refractivity contribution in [2.24, 2.45) is 0 Å². The van der Waals surface area contributed by atoms with Crippen molar-refractivity contribution in [1.82, 2.24) is 0 Å². The fraction of sp³-hybridized carbons (Fsp3) is 0.792. The van der Waals surface area contributed by atoms with Gasteiger partial charge in [-0.1, -0.05) is 191 Å². The average Bonchev–Trinajstić information content (AvgIpc) is 3.22. The lowest BCUT2D eigenvalue weighted by molar-refractivity contribution is -0.297. The number of carbonyl (C=O) groups is 2. The van der Waals surface area contributed by atoms with E-state index in [2.05, 4.69) is 26.0 Å². The van der Waals surface area contributed by atoms with Crippen LogP contribution in [0, 0.1) is 0 Å². The zero-order valence-electron chi connectivity index (χ0n) is 37.8. The molecule has 0 aromatic carbocycles. The first-order valence-corrected chi connectivity index (χ1v) is 25.4. The molecule has 0 aliphatic carbocycles. The Morgan fingerprint density at radius 3 is 1.54 bits per heavy atom. The maximum Gasteiger partial charge on any atom is 0.306 e. The first-order valence-electron chi connectivity index (χ1n) is 23.7. The van der Waals surface area contributed by atoms with E-state index in [1.165, 1.54) is 89.9 Å². The fourth-order valence-corrected chi connectivity index (χ4v) is 7.79. The zero-order chi connectivity index (χ0) is 44.8. The van der Waals surface area contributed by atoms with Crippen LogP contribution in [0.15, 0.2) is 48.6 Å². The minimum atomic E-state index is -4.61. The third-order valence-electron chi connectivity index (χ3n) is 10.8. The van der Waals surface area contributed by atoms with E-state index in [1.54, 1.807) is 0 Å². The van der Waals surface area contributed by atoms with Crippen molar-refractivity contribution in [2.45, 2.75) is 224 Å². The molecule has 0 radical (unpaired) electrons. The van der Waals surface area contributed by atoms with Crippen LogP contribution in [-0.2, 0) is 38.7 Å². The van der Waals surface area contributed by atoms with Gasteiger partial charge in [-0.25, -0.2) is 0 Å². The smallest absolute Gasteiger partial charge is 0.306 e. The topological polar surface area (TPSA) is 186 Å². The summed E-state index contributed by atoms with van der Waals surface area (Å²) in [4.78, 5) is 25.4. The summed E-state index contributed by atoms with van der Waals surface area (Å²) in [6, 6.07) is 0. The summed E-state index contributed by atoms with van der Waals surface area (Å²) in [5, 5.41) is 30.9. The number of hydrogen-bond donors (Lipinski definition) is 4. The van der Waals surface area contributed by atoms with Crippen molar-refractivity contribution in [2.75, 3.05) is 19.0 Å². The fourth-order valence-electron chi connectivity index (χ4n) is 7.10. The summed E-state index contributed by atoms with van der Waals surface area (Å²) in [6.07, 6.45) is 35.8. The Bertz CT molecular complexity index is 1310. The molecule has 1 saturated heterocycles. The van der Waals surface area contributed by atoms with Gasteiger partial charge in [-0.2, -0.15) is 8.42 Å². The monoisotopic (exact) mass is 885 g/mol. The number of unbranched alkanes of at least 4 members (excludes halogenated alkanes) is 22. The molecule has 12 nitrogen and oxygen atoms in total. The first kappa shape index (κ1) is 56.6. The van der Waals surface area contributed by atoms with Crippen LogP contribution in [0.25, 0.3) is 0 Å². The predicted octanol–water partition coefficient (Wildman–Crippen LogP) is 9.95. The molecule has 0 aromatic heterocycles. The highest BCUT2D eigenvalue weighted by atomic mass is 32.2. The van der Waals surface area contributed by atoms with E-state index in [0.717, 1.165) is 57.8 Å². The SMILES string of the molecule is CC/C=C/C=C/C=C/C=C/CCCCCCCC(=O)O[C@H](COC(=O)CCCCCCCCCCCCCCCCCCCC)CO[C@H]1O[C@H](CS(=O)(=O)O)[C@@H](O)C(O)C1O. The molecule has 1 fully saturated rings. The van der Waals surface area contributed by atoms with Gasteiger partial charge in [0.1, 0.15) is 36.8 Å². The molecule has 0 bridgehead atoms. The standard InChI is InChI=1S/C48H84O12S/c1-3-5-7-9-11-13-15-17-19-20-21-23-24-26-28-30-32-34-36-43(49)57-38-41(39-58-48-47(53)46(52)45(51)42(60-48)40-61(54,55)56)59-44(50)37-35-33-31-29-27-25-22-18-16-14-12-10-8-6-4-2/h6,8,10,12,14,16,18,22,41-42,45-48,51-53H,3-5,7,9,11,13,15,17,19-21,23-40H2,1-2H3,(H,54,55,56)/b8-6+,12-10+,16-14+,22-18+/t41-,42-,45-,46?,47?,48+/m1/s1. The molecule has 1 heterocycles. The van der Waals surface area contributed by atoms with Crippen LogP contribution in [0.2, 0.25) is 0 Å². The molecule has 354 valence electrons. The zero-order valence-corrected chi connectivity index (χ0v) is 38.6. The summed E-state index contributed by atoms with van der Waals surface area (Å²) in [5.74, 6) is -2.01. The summed E-state index contributed by atoms with van der Waals surface area (Å²) in [7, 11) is -4.61. The lowest BCUT2D eigenvalue weighted by Gasteiger charge is -2.40. The number of ether oxygens (including phenoxy) is 4. The molecule has 0 amide bonds. The third-order valence-corrected chi connectivity index (χ3v) is 11.5. The molecule has 0 aromatic rings. The molecule has 0 spiro atoms. The maximum atomic E-state index is 12.8. The van der Waals surface area contributed by atoms with Crippen molar-refractivity contribution in [3.05, 3.63) is 48.6 Å². The minimum absolute atomic E-state index is 0.138. The number of rotatable bonds is 39. The van der Waals surface area contributed by atoms with Gasteiger partial charge in [-0.3, -0.25) is 14.1 Å². The second-order valence-corrected chi connectivity index (χ2v) is 18.0. The van der Waals surface area contributed by atoms with Crippen molar-refractivity contribution in [3.63, 3.8) is 0 Å². The Morgan fingerprint density at radius 1 is 0.574 bits per heavy atom. The molecule has 4 N–H and O–H groups in total. The molecule has 6 atom stereocenters. The number of aliphatic hydroxyl groups excluding tert-OH is 3. The van der Waals surface area contributed by atoms with E-state index in [0.29, 0.717) is 12.8 Å². The summed E-state index contributed by atoms with van der Waals surface area (Å²) < 4.78 is 54.1. The second kappa shape index (κ2) is 38.1. The van der Waals surface area contributed by atoms with Crippen LogP contribution < -0.4 is 0 Å². The summed E-state index contributed by atoms with van der Waals surface area (Å²) >= 11 is 0. The van der Waals surface area contributed by atoms with Crippen molar-refractivity contribution < 1.29 is 56.8 Å². The summed E-state index contributed by atoms with van der Waals surface area (Å²) in [6.45, 7) is 3.62. The Balaban J connectivity index is 2.42. The lowest BCUT2D eigenvalue weighted by Crippen LogP contribution is -2.60. The number of aliphatic hydroxyl groups is 3. The molecular formula is C48H84O12S. The van der Waals surface area contributed by atoms with E-state index >= 15 is 0 Å². The van der Waals surface area contributed by atoms with Gasteiger partial charge in [0.25, 0.3) is 10.1 Å². The van der Waals surface area contributed by atoms with Crippen LogP contribution >= 0.6 is 0 Å². The molecule has 13 heteroatoms. The highest BCUT2D eigenvalue weighted by Gasteiger charge is 2.46. The van der Waals surface area contributed by atoms with Gasteiger partial charge in [0, 0.05) is 12.8 Å². The Kier molecular flexibility index (Phi) is 35.4. The normalized spacial score (nSPS) is 20.4. The van der Waals surface area contributed by atoms with Gasteiger partial charge < -0.3 is 34.3 Å². The number of allylic oxidation sites excluding steroid dienone is 8. The van der Waals surface area contributed by atoms with Gasteiger partial charge >= 0.3 is 11.9 Å². The molecule has 1 aliphatic heterocycles. The minimum Gasteiger partial charge on any atom is -0.462 e. The molecule has 1 rings (SSSR count). The highest BCUT2D eigenvalue weighted by molar-refractivity contribution is 7.85. The van der Waals surface area contributed by atoms with Gasteiger partial charge in [0.2, 0.25) is 0 Å². The number of hydrogen-bond acceptors (Lipinski definition) is 11. The van der Waals surface area contributed by atoms with Crippen LogP contribution in [0.4, 0.5) is 0 Å². The quantitative estimate of drug-likeness (QED) is 0.0198. The predicted molar refractivity (Wildman–Crippen MR) is 242 cm³/mol. The Labute approximate surface area is 369 Å². The Morgan fingerprint density at radius 2 is 1.03 bits per heavy atom.